The van der Waals surface area contributed by atoms with Gasteiger partial charge in [0.15, 0.2) is 6.54 Å². The van der Waals surface area contributed by atoms with Gasteiger partial charge in [0.1, 0.15) is 6.54 Å². The third-order valence-corrected chi connectivity index (χ3v) is 5.64. The summed E-state index contributed by atoms with van der Waals surface area (Å²) in [4.78, 5) is 28.4. The average molecular weight is 424 g/mol. The molecule has 4 rings (SSSR count). The van der Waals surface area contributed by atoms with Crippen LogP contribution in [-0.2, 0) is 16.1 Å². The third-order valence-electron chi connectivity index (χ3n) is 5.64. The number of likely N-dealkylation sites (N-methyl/N-ethyl adjacent to an activating group) is 1. The number of benzene rings is 2. The fourth-order valence-electron chi connectivity index (χ4n) is 3.81. The number of carbonyl (C=O) groups excluding carboxylic acids is 2. The van der Waals surface area contributed by atoms with Gasteiger partial charge >= 0.3 is 0 Å². The Hall–Kier alpha value is -2.90. The molecule has 1 saturated heterocycles. The zero-order valence-electron chi connectivity index (χ0n) is 18.0. The van der Waals surface area contributed by atoms with Gasteiger partial charge in [0.25, 0.3) is 11.8 Å². The summed E-state index contributed by atoms with van der Waals surface area (Å²) in [5, 5.41) is 5.89. The lowest BCUT2D eigenvalue weighted by Gasteiger charge is -2.29. The Balaban J connectivity index is 1.29. The van der Waals surface area contributed by atoms with Crippen molar-refractivity contribution in [2.75, 3.05) is 50.1 Å². The van der Waals surface area contributed by atoms with Gasteiger partial charge in [-0.2, -0.15) is 0 Å². The number of morpholine rings is 1. The SMILES string of the molecule is C[NH+](CC(=O)Nc1ccccc1C(=O)NC1CC1)Cc1ccc(N2CCOCC2)cc1. The van der Waals surface area contributed by atoms with E-state index in [1.165, 1.54) is 11.3 Å². The average Bonchev–Trinajstić information content (AvgIpc) is 3.59. The standard InChI is InChI=1S/C24H30N4O3/c1-27(16-18-6-10-20(11-7-18)28-12-14-31-15-13-28)17-23(29)26-22-5-3-2-4-21(22)24(30)25-19-8-9-19/h2-7,10-11,19H,8-9,12-17H2,1H3,(H,25,30)(H,26,29)/p+1. The van der Waals surface area contributed by atoms with Gasteiger partial charge in [0.05, 0.1) is 31.5 Å². The molecule has 31 heavy (non-hydrogen) atoms. The summed E-state index contributed by atoms with van der Waals surface area (Å²) in [6.07, 6.45) is 2.06. The number of hydrogen-bond acceptors (Lipinski definition) is 4. The quantitative estimate of drug-likeness (QED) is 0.594. The maximum atomic E-state index is 12.6. The van der Waals surface area contributed by atoms with Crippen molar-refractivity contribution in [2.24, 2.45) is 0 Å². The lowest BCUT2D eigenvalue weighted by atomic mass is 10.1. The summed E-state index contributed by atoms with van der Waals surface area (Å²) >= 11 is 0. The van der Waals surface area contributed by atoms with E-state index in [2.05, 4.69) is 39.8 Å². The Labute approximate surface area is 183 Å². The summed E-state index contributed by atoms with van der Waals surface area (Å²) in [6.45, 7) is 4.46. The molecule has 1 heterocycles. The Morgan fingerprint density at radius 2 is 1.77 bits per heavy atom. The van der Waals surface area contributed by atoms with Crippen molar-refractivity contribution in [3.05, 3.63) is 59.7 Å². The minimum absolute atomic E-state index is 0.103. The first kappa shape index (κ1) is 21.3. The second-order valence-corrected chi connectivity index (χ2v) is 8.42. The number of rotatable bonds is 8. The number of amides is 2. The first-order valence-electron chi connectivity index (χ1n) is 11.0. The van der Waals surface area contributed by atoms with Crippen LogP contribution in [0, 0.1) is 0 Å². The lowest BCUT2D eigenvalue weighted by Crippen LogP contribution is -3.08. The number of carbonyl (C=O) groups is 2. The molecule has 1 saturated carbocycles. The van der Waals surface area contributed by atoms with Crippen molar-refractivity contribution in [1.29, 1.82) is 0 Å². The van der Waals surface area contributed by atoms with E-state index in [4.69, 9.17) is 4.74 Å². The Bertz CT molecular complexity index is 905. The normalized spacial score (nSPS) is 17.1. The smallest absolute Gasteiger partial charge is 0.279 e. The van der Waals surface area contributed by atoms with E-state index >= 15 is 0 Å². The monoisotopic (exact) mass is 423 g/mol. The first-order valence-corrected chi connectivity index (χ1v) is 11.0. The first-order chi connectivity index (χ1) is 15.1. The molecule has 0 bridgehead atoms. The fourth-order valence-corrected chi connectivity index (χ4v) is 3.81. The molecule has 7 nitrogen and oxygen atoms in total. The molecular formula is C24H31N4O3+. The van der Waals surface area contributed by atoms with Gasteiger partial charge in [-0.25, -0.2) is 0 Å². The molecule has 0 spiro atoms. The summed E-state index contributed by atoms with van der Waals surface area (Å²) < 4.78 is 5.41. The number of nitrogens with zero attached hydrogens (tertiary/aromatic N) is 1. The summed E-state index contributed by atoms with van der Waals surface area (Å²) in [5.74, 6) is -0.228. The highest BCUT2D eigenvalue weighted by Crippen LogP contribution is 2.21. The zero-order valence-corrected chi connectivity index (χ0v) is 18.0. The van der Waals surface area contributed by atoms with Crippen LogP contribution >= 0.6 is 0 Å². The molecule has 1 unspecified atom stereocenters. The van der Waals surface area contributed by atoms with Crippen molar-refractivity contribution in [3.63, 3.8) is 0 Å². The van der Waals surface area contributed by atoms with Gasteiger partial charge in [-0.15, -0.1) is 0 Å². The Morgan fingerprint density at radius 3 is 2.48 bits per heavy atom. The topological polar surface area (TPSA) is 75.1 Å². The number of quaternary nitrogens is 1. The van der Waals surface area contributed by atoms with Crippen LogP contribution in [0.25, 0.3) is 0 Å². The van der Waals surface area contributed by atoms with Crippen molar-refractivity contribution in [2.45, 2.75) is 25.4 Å². The number of ether oxygens (including phenoxy) is 1. The molecule has 1 aliphatic heterocycles. The van der Waals surface area contributed by atoms with Crippen molar-refractivity contribution >= 4 is 23.2 Å². The maximum Gasteiger partial charge on any atom is 0.279 e. The Morgan fingerprint density at radius 1 is 1.06 bits per heavy atom. The Kier molecular flexibility index (Phi) is 6.84. The van der Waals surface area contributed by atoms with Crippen molar-refractivity contribution in [3.8, 4) is 0 Å². The van der Waals surface area contributed by atoms with E-state index in [1.54, 1.807) is 12.1 Å². The lowest BCUT2D eigenvalue weighted by molar-refractivity contribution is -0.885. The number of hydrogen-bond donors (Lipinski definition) is 3. The van der Waals surface area contributed by atoms with Gasteiger partial charge in [-0.1, -0.05) is 24.3 Å². The molecule has 2 aromatic rings. The maximum absolute atomic E-state index is 12.6. The van der Waals surface area contributed by atoms with E-state index in [1.807, 2.05) is 19.2 Å². The van der Waals surface area contributed by atoms with Crippen LogP contribution in [0.15, 0.2) is 48.5 Å². The molecular weight excluding hydrogens is 392 g/mol. The molecule has 3 N–H and O–H groups in total. The van der Waals surface area contributed by atoms with Crippen molar-refractivity contribution in [1.82, 2.24) is 5.32 Å². The van der Waals surface area contributed by atoms with E-state index in [9.17, 15) is 9.59 Å². The van der Waals surface area contributed by atoms with E-state index < -0.39 is 0 Å². The van der Waals surface area contributed by atoms with E-state index in [0.717, 1.165) is 50.6 Å². The predicted molar refractivity (Wildman–Crippen MR) is 120 cm³/mol. The molecule has 7 heteroatoms. The van der Waals surface area contributed by atoms with Crippen LogP contribution in [0.3, 0.4) is 0 Å². The van der Waals surface area contributed by atoms with Crippen LogP contribution in [0.2, 0.25) is 0 Å². The summed E-state index contributed by atoms with van der Waals surface area (Å²) in [5.41, 5.74) is 3.47. The second-order valence-electron chi connectivity index (χ2n) is 8.42. The third kappa shape index (κ3) is 6.06. The van der Waals surface area contributed by atoms with E-state index in [0.29, 0.717) is 17.8 Å². The van der Waals surface area contributed by atoms with Crippen LogP contribution in [0.5, 0.6) is 0 Å². The minimum Gasteiger partial charge on any atom is -0.378 e. The number of nitrogens with one attached hydrogen (secondary N) is 3. The molecule has 0 aromatic heterocycles. The van der Waals surface area contributed by atoms with Crippen LogP contribution < -0.4 is 20.4 Å². The number of anilines is 2. The predicted octanol–water partition coefficient (Wildman–Crippen LogP) is 1.07. The molecule has 2 amide bonds. The van der Waals surface area contributed by atoms with Crippen LogP contribution in [0.4, 0.5) is 11.4 Å². The summed E-state index contributed by atoms with van der Waals surface area (Å²) in [7, 11) is 2.00. The molecule has 0 radical (unpaired) electrons. The molecule has 2 aliphatic rings. The molecule has 2 fully saturated rings. The van der Waals surface area contributed by atoms with Gasteiger partial charge in [0.2, 0.25) is 0 Å². The number of para-hydroxylation sites is 1. The highest BCUT2D eigenvalue weighted by Gasteiger charge is 2.25. The fraction of sp³-hybridized carbons (Fsp3) is 0.417. The summed E-state index contributed by atoms with van der Waals surface area (Å²) in [6, 6.07) is 16.0. The van der Waals surface area contributed by atoms with Gasteiger partial charge in [0, 0.05) is 30.4 Å². The highest BCUT2D eigenvalue weighted by molar-refractivity contribution is 6.04. The van der Waals surface area contributed by atoms with Crippen molar-refractivity contribution < 1.29 is 19.2 Å². The minimum atomic E-state index is -0.126. The molecule has 1 atom stereocenters. The zero-order chi connectivity index (χ0) is 21.6. The second kappa shape index (κ2) is 9.94. The van der Waals surface area contributed by atoms with Gasteiger partial charge in [-0.05, 0) is 37.1 Å². The molecule has 164 valence electrons. The van der Waals surface area contributed by atoms with Crippen LogP contribution in [-0.4, -0.2) is 57.8 Å². The largest absolute Gasteiger partial charge is 0.378 e. The van der Waals surface area contributed by atoms with Gasteiger partial charge < -0.3 is 25.2 Å². The van der Waals surface area contributed by atoms with Gasteiger partial charge in [-0.3, -0.25) is 9.59 Å². The van der Waals surface area contributed by atoms with Crippen LogP contribution in [0.1, 0.15) is 28.8 Å². The highest BCUT2D eigenvalue weighted by atomic mass is 16.5. The molecule has 1 aliphatic carbocycles. The molecule has 2 aromatic carbocycles. The van der Waals surface area contributed by atoms with E-state index in [-0.39, 0.29) is 17.9 Å².